The van der Waals surface area contributed by atoms with E-state index in [1.807, 2.05) is 0 Å². The standard InChI is InChI=1S/C15H23N3/c1-17-9-3-6-13-4-2-5-14(15(13)17)12-18-10-7-16-8-11-18/h2,4-5,16H,3,6-12H2,1H3. The van der Waals surface area contributed by atoms with Crippen molar-refractivity contribution in [2.24, 2.45) is 0 Å². The van der Waals surface area contributed by atoms with E-state index >= 15 is 0 Å². The van der Waals surface area contributed by atoms with Gasteiger partial charge in [-0.25, -0.2) is 0 Å². The fraction of sp³-hybridized carbons (Fsp3) is 0.600. The van der Waals surface area contributed by atoms with Crippen LogP contribution in [-0.4, -0.2) is 44.7 Å². The van der Waals surface area contributed by atoms with E-state index in [0.717, 1.165) is 19.6 Å². The fourth-order valence-electron chi connectivity index (χ4n) is 3.19. The Hall–Kier alpha value is -1.06. The Morgan fingerprint density at radius 3 is 2.83 bits per heavy atom. The molecular weight excluding hydrogens is 222 g/mol. The summed E-state index contributed by atoms with van der Waals surface area (Å²) < 4.78 is 0. The van der Waals surface area contributed by atoms with Crippen molar-refractivity contribution in [1.82, 2.24) is 10.2 Å². The van der Waals surface area contributed by atoms with Gasteiger partial charge in [-0.3, -0.25) is 4.90 Å². The molecule has 1 N–H and O–H groups in total. The highest BCUT2D eigenvalue weighted by Gasteiger charge is 2.19. The van der Waals surface area contributed by atoms with Crippen LogP contribution in [0.5, 0.6) is 0 Å². The highest BCUT2D eigenvalue weighted by molar-refractivity contribution is 5.60. The molecular formula is C15H23N3. The molecule has 0 saturated carbocycles. The second kappa shape index (κ2) is 5.29. The van der Waals surface area contributed by atoms with Crippen molar-refractivity contribution in [3.05, 3.63) is 29.3 Å². The number of aryl methyl sites for hydroxylation is 1. The van der Waals surface area contributed by atoms with Crippen molar-refractivity contribution in [1.29, 1.82) is 0 Å². The number of piperazine rings is 1. The second-order valence-electron chi connectivity index (χ2n) is 5.48. The minimum absolute atomic E-state index is 1.11. The molecule has 1 fully saturated rings. The van der Waals surface area contributed by atoms with E-state index < -0.39 is 0 Å². The molecule has 2 aliphatic heterocycles. The molecule has 1 aromatic rings. The van der Waals surface area contributed by atoms with Crippen LogP contribution in [0, 0.1) is 0 Å². The first-order valence-electron chi connectivity index (χ1n) is 7.09. The predicted octanol–water partition coefficient (Wildman–Crippen LogP) is 1.47. The summed E-state index contributed by atoms with van der Waals surface area (Å²) in [6, 6.07) is 6.84. The summed E-state index contributed by atoms with van der Waals surface area (Å²) in [6.45, 7) is 6.91. The van der Waals surface area contributed by atoms with Crippen LogP contribution in [0.15, 0.2) is 18.2 Å². The number of hydrogen-bond donors (Lipinski definition) is 1. The van der Waals surface area contributed by atoms with Crippen molar-refractivity contribution >= 4 is 5.69 Å². The first-order chi connectivity index (χ1) is 8.84. The maximum atomic E-state index is 3.42. The lowest BCUT2D eigenvalue weighted by molar-refractivity contribution is 0.233. The number of nitrogens with one attached hydrogen (secondary N) is 1. The van der Waals surface area contributed by atoms with Gasteiger partial charge in [0.2, 0.25) is 0 Å². The van der Waals surface area contributed by atoms with Crippen LogP contribution in [0.3, 0.4) is 0 Å². The summed E-state index contributed by atoms with van der Waals surface area (Å²) in [5.41, 5.74) is 4.55. The van der Waals surface area contributed by atoms with Gasteiger partial charge in [-0.05, 0) is 24.0 Å². The summed E-state index contributed by atoms with van der Waals surface area (Å²) in [7, 11) is 2.24. The van der Waals surface area contributed by atoms with Gasteiger partial charge in [0.25, 0.3) is 0 Å². The van der Waals surface area contributed by atoms with Crippen molar-refractivity contribution in [2.75, 3.05) is 44.7 Å². The van der Waals surface area contributed by atoms with Crippen LogP contribution in [0.4, 0.5) is 5.69 Å². The average Bonchev–Trinajstić information content (AvgIpc) is 2.40. The number of rotatable bonds is 2. The second-order valence-corrected chi connectivity index (χ2v) is 5.48. The van der Waals surface area contributed by atoms with Crippen molar-refractivity contribution in [3.8, 4) is 0 Å². The minimum Gasteiger partial charge on any atom is -0.374 e. The largest absolute Gasteiger partial charge is 0.374 e. The maximum absolute atomic E-state index is 3.42. The van der Waals surface area contributed by atoms with Gasteiger partial charge in [0.1, 0.15) is 0 Å². The van der Waals surface area contributed by atoms with Crippen LogP contribution < -0.4 is 10.2 Å². The molecule has 0 unspecified atom stereocenters. The molecule has 98 valence electrons. The van der Waals surface area contributed by atoms with E-state index in [1.54, 1.807) is 0 Å². The third-order valence-electron chi connectivity index (χ3n) is 4.13. The Morgan fingerprint density at radius 2 is 2.00 bits per heavy atom. The number of nitrogens with zero attached hydrogens (tertiary/aromatic N) is 2. The Labute approximate surface area is 110 Å². The number of fused-ring (bicyclic) bond motifs is 1. The Morgan fingerprint density at radius 1 is 1.17 bits per heavy atom. The lowest BCUT2D eigenvalue weighted by atomic mass is 9.98. The molecule has 3 heteroatoms. The lowest BCUT2D eigenvalue weighted by Crippen LogP contribution is -2.43. The third kappa shape index (κ3) is 2.38. The monoisotopic (exact) mass is 245 g/mol. The van der Waals surface area contributed by atoms with Gasteiger partial charge in [-0.15, -0.1) is 0 Å². The van der Waals surface area contributed by atoms with Crippen LogP contribution in [0.2, 0.25) is 0 Å². The molecule has 1 saturated heterocycles. The predicted molar refractivity (Wildman–Crippen MR) is 76.2 cm³/mol. The van der Waals surface area contributed by atoms with Gasteiger partial charge >= 0.3 is 0 Å². The first-order valence-corrected chi connectivity index (χ1v) is 7.09. The molecule has 2 heterocycles. The average molecular weight is 245 g/mol. The van der Waals surface area contributed by atoms with Crippen LogP contribution >= 0.6 is 0 Å². The SMILES string of the molecule is CN1CCCc2cccc(CN3CCNCC3)c21. The lowest BCUT2D eigenvalue weighted by Gasteiger charge is -2.33. The topological polar surface area (TPSA) is 18.5 Å². The van der Waals surface area contributed by atoms with E-state index in [-0.39, 0.29) is 0 Å². The highest BCUT2D eigenvalue weighted by Crippen LogP contribution is 2.30. The van der Waals surface area contributed by atoms with Crippen molar-refractivity contribution in [2.45, 2.75) is 19.4 Å². The molecule has 0 spiro atoms. The van der Waals surface area contributed by atoms with E-state index in [1.165, 1.54) is 49.3 Å². The molecule has 0 amide bonds. The van der Waals surface area contributed by atoms with E-state index in [9.17, 15) is 0 Å². The van der Waals surface area contributed by atoms with Gasteiger partial charge in [-0.1, -0.05) is 18.2 Å². The molecule has 3 nitrogen and oxygen atoms in total. The molecule has 18 heavy (non-hydrogen) atoms. The van der Waals surface area contributed by atoms with Gasteiger partial charge in [-0.2, -0.15) is 0 Å². The Kier molecular flexibility index (Phi) is 3.52. The van der Waals surface area contributed by atoms with Crippen molar-refractivity contribution < 1.29 is 0 Å². The summed E-state index contributed by atoms with van der Waals surface area (Å²) >= 11 is 0. The van der Waals surface area contributed by atoms with Crippen molar-refractivity contribution in [3.63, 3.8) is 0 Å². The zero-order chi connectivity index (χ0) is 12.4. The van der Waals surface area contributed by atoms with E-state index in [0.29, 0.717) is 0 Å². The summed E-state index contributed by atoms with van der Waals surface area (Å²) in [6.07, 6.45) is 2.54. The van der Waals surface area contributed by atoms with Crippen LogP contribution in [-0.2, 0) is 13.0 Å². The number of hydrogen-bond acceptors (Lipinski definition) is 3. The van der Waals surface area contributed by atoms with Gasteiger partial charge in [0, 0.05) is 52.0 Å². The van der Waals surface area contributed by atoms with Gasteiger partial charge in [0.15, 0.2) is 0 Å². The number of anilines is 1. The van der Waals surface area contributed by atoms with Gasteiger partial charge < -0.3 is 10.2 Å². The normalized spacial score (nSPS) is 20.8. The van der Waals surface area contributed by atoms with Gasteiger partial charge in [0.05, 0.1) is 0 Å². The molecule has 2 aliphatic rings. The molecule has 0 atom stereocenters. The quantitative estimate of drug-likeness (QED) is 0.851. The first kappa shape index (κ1) is 12.0. The third-order valence-corrected chi connectivity index (χ3v) is 4.13. The Balaban J connectivity index is 1.82. The molecule has 0 radical (unpaired) electrons. The maximum Gasteiger partial charge on any atom is 0.0441 e. The van der Waals surface area contributed by atoms with E-state index in [4.69, 9.17) is 0 Å². The molecule has 0 bridgehead atoms. The fourth-order valence-corrected chi connectivity index (χ4v) is 3.19. The molecule has 3 rings (SSSR count). The Bertz CT molecular complexity index is 410. The minimum atomic E-state index is 1.11. The smallest absolute Gasteiger partial charge is 0.0441 e. The summed E-state index contributed by atoms with van der Waals surface area (Å²) in [4.78, 5) is 5.00. The van der Waals surface area contributed by atoms with Crippen LogP contribution in [0.1, 0.15) is 17.5 Å². The summed E-state index contributed by atoms with van der Waals surface area (Å²) in [5, 5.41) is 3.42. The van der Waals surface area contributed by atoms with Crippen LogP contribution in [0.25, 0.3) is 0 Å². The summed E-state index contributed by atoms with van der Waals surface area (Å²) in [5.74, 6) is 0. The highest BCUT2D eigenvalue weighted by atomic mass is 15.2. The van der Waals surface area contributed by atoms with E-state index in [2.05, 4.69) is 40.4 Å². The molecule has 0 aromatic heterocycles. The molecule has 1 aromatic carbocycles. The zero-order valence-corrected chi connectivity index (χ0v) is 11.3. The number of benzene rings is 1. The number of para-hydroxylation sites is 1. The zero-order valence-electron chi connectivity index (χ0n) is 11.3. The molecule has 0 aliphatic carbocycles.